The molecule has 1 aromatic carbocycles. The summed E-state index contributed by atoms with van der Waals surface area (Å²) < 4.78 is 0. The molecule has 0 heterocycles. The Labute approximate surface area is 119 Å². The number of aryl methyl sites for hydroxylation is 1. The molecule has 0 radical (unpaired) electrons. The highest BCUT2D eigenvalue weighted by Gasteiger charge is 2.36. The van der Waals surface area contributed by atoms with Crippen LogP contribution < -0.4 is 5.73 Å². The average molecular weight is 262 g/mol. The van der Waals surface area contributed by atoms with Crippen molar-refractivity contribution in [2.45, 2.75) is 58.0 Å². The van der Waals surface area contributed by atoms with E-state index in [2.05, 4.69) is 64.0 Å². The van der Waals surface area contributed by atoms with E-state index in [1.807, 2.05) is 0 Å². The van der Waals surface area contributed by atoms with Crippen LogP contribution in [0, 0.1) is 0 Å². The summed E-state index contributed by atoms with van der Waals surface area (Å²) in [5.41, 5.74) is 9.33. The van der Waals surface area contributed by atoms with Crippen molar-refractivity contribution in [2.24, 2.45) is 5.73 Å². The third kappa shape index (κ3) is 3.37. The molecular weight excluding hydrogens is 232 g/mol. The van der Waals surface area contributed by atoms with E-state index in [0.29, 0.717) is 0 Å². The SMILES string of the molecule is CCCc1cccc(C(N)C(CC)(CC)N(C)C)c1. The standard InChI is InChI=1S/C17H30N2/c1-6-10-14-11-9-12-15(13-14)16(18)17(7-2,8-3)19(4)5/h9,11-13,16H,6-8,10,18H2,1-5H3. The zero-order valence-corrected chi connectivity index (χ0v) is 13.2. The molecule has 0 aliphatic carbocycles. The molecule has 1 aromatic rings. The van der Waals surface area contributed by atoms with Crippen molar-refractivity contribution in [3.63, 3.8) is 0 Å². The fraction of sp³-hybridized carbons (Fsp3) is 0.647. The second-order valence-corrected chi connectivity index (χ2v) is 5.68. The molecule has 0 fully saturated rings. The van der Waals surface area contributed by atoms with E-state index in [-0.39, 0.29) is 11.6 Å². The molecular formula is C17H30N2. The number of benzene rings is 1. The number of nitrogens with two attached hydrogens (primary N) is 1. The molecule has 1 rings (SSSR count). The fourth-order valence-corrected chi connectivity index (χ4v) is 3.14. The molecule has 2 heteroatoms. The maximum absolute atomic E-state index is 6.62. The highest BCUT2D eigenvalue weighted by molar-refractivity contribution is 5.28. The third-order valence-electron chi connectivity index (χ3n) is 4.54. The van der Waals surface area contributed by atoms with E-state index in [1.54, 1.807) is 0 Å². The fourth-order valence-electron chi connectivity index (χ4n) is 3.14. The number of likely N-dealkylation sites (N-methyl/N-ethyl adjacent to an activating group) is 1. The highest BCUT2D eigenvalue weighted by Crippen LogP contribution is 2.34. The topological polar surface area (TPSA) is 29.3 Å². The molecule has 0 saturated heterocycles. The van der Waals surface area contributed by atoms with Crippen molar-refractivity contribution in [3.05, 3.63) is 35.4 Å². The van der Waals surface area contributed by atoms with E-state index < -0.39 is 0 Å². The summed E-state index contributed by atoms with van der Waals surface area (Å²) in [4.78, 5) is 2.30. The Balaban J connectivity index is 3.09. The molecule has 0 bridgehead atoms. The molecule has 2 nitrogen and oxygen atoms in total. The first-order valence-electron chi connectivity index (χ1n) is 7.53. The lowest BCUT2D eigenvalue weighted by molar-refractivity contribution is 0.106. The van der Waals surface area contributed by atoms with E-state index in [4.69, 9.17) is 5.73 Å². The predicted molar refractivity (Wildman–Crippen MR) is 84.4 cm³/mol. The van der Waals surface area contributed by atoms with Gasteiger partial charge in [-0.1, -0.05) is 51.5 Å². The van der Waals surface area contributed by atoms with Gasteiger partial charge < -0.3 is 10.6 Å². The molecule has 108 valence electrons. The second-order valence-electron chi connectivity index (χ2n) is 5.68. The van der Waals surface area contributed by atoms with Crippen LogP contribution in [-0.2, 0) is 6.42 Å². The van der Waals surface area contributed by atoms with Crippen molar-refractivity contribution < 1.29 is 0 Å². The van der Waals surface area contributed by atoms with Gasteiger partial charge in [-0.05, 0) is 44.5 Å². The maximum atomic E-state index is 6.62. The quantitative estimate of drug-likeness (QED) is 0.810. The Morgan fingerprint density at radius 3 is 2.26 bits per heavy atom. The highest BCUT2D eigenvalue weighted by atomic mass is 15.2. The minimum absolute atomic E-state index is 0.0465. The number of hydrogen-bond acceptors (Lipinski definition) is 2. The predicted octanol–water partition coefficient (Wildman–Crippen LogP) is 3.76. The van der Waals surface area contributed by atoms with Crippen LogP contribution >= 0.6 is 0 Å². The minimum Gasteiger partial charge on any atom is -0.322 e. The molecule has 0 aliphatic heterocycles. The van der Waals surface area contributed by atoms with Gasteiger partial charge >= 0.3 is 0 Å². The molecule has 0 saturated carbocycles. The third-order valence-corrected chi connectivity index (χ3v) is 4.54. The van der Waals surface area contributed by atoms with E-state index in [0.717, 1.165) is 19.3 Å². The van der Waals surface area contributed by atoms with Crippen molar-refractivity contribution in [2.75, 3.05) is 14.1 Å². The molecule has 0 aromatic heterocycles. The monoisotopic (exact) mass is 262 g/mol. The number of nitrogens with zero attached hydrogens (tertiary/aromatic N) is 1. The first-order valence-corrected chi connectivity index (χ1v) is 7.53. The lowest BCUT2D eigenvalue weighted by Crippen LogP contribution is -2.51. The van der Waals surface area contributed by atoms with Crippen LogP contribution in [-0.4, -0.2) is 24.5 Å². The smallest absolute Gasteiger partial charge is 0.0481 e. The lowest BCUT2D eigenvalue weighted by Gasteiger charge is -2.43. The zero-order chi connectivity index (χ0) is 14.5. The summed E-state index contributed by atoms with van der Waals surface area (Å²) in [6, 6.07) is 8.88. The van der Waals surface area contributed by atoms with Gasteiger partial charge in [-0.15, -0.1) is 0 Å². The van der Waals surface area contributed by atoms with Gasteiger partial charge in [0, 0.05) is 11.6 Å². The van der Waals surface area contributed by atoms with Gasteiger partial charge in [0.1, 0.15) is 0 Å². The van der Waals surface area contributed by atoms with Crippen molar-refractivity contribution in [1.82, 2.24) is 4.90 Å². The summed E-state index contributed by atoms with van der Waals surface area (Å²) in [6.45, 7) is 6.69. The molecule has 0 spiro atoms. The summed E-state index contributed by atoms with van der Waals surface area (Å²) in [5, 5.41) is 0. The van der Waals surface area contributed by atoms with Crippen molar-refractivity contribution >= 4 is 0 Å². The zero-order valence-electron chi connectivity index (χ0n) is 13.2. The van der Waals surface area contributed by atoms with Gasteiger partial charge in [-0.2, -0.15) is 0 Å². The largest absolute Gasteiger partial charge is 0.322 e. The summed E-state index contributed by atoms with van der Waals surface area (Å²) in [7, 11) is 4.28. The van der Waals surface area contributed by atoms with Crippen LogP contribution in [0.2, 0.25) is 0 Å². The van der Waals surface area contributed by atoms with Gasteiger partial charge in [0.15, 0.2) is 0 Å². The second kappa shape index (κ2) is 7.06. The minimum atomic E-state index is 0.0465. The van der Waals surface area contributed by atoms with E-state index in [1.165, 1.54) is 17.5 Å². The lowest BCUT2D eigenvalue weighted by atomic mass is 9.80. The Morgan fingerprint density at radius 2 is 1.79 bits per heavy atom. The summed E-state index contributed by atoms with van der Waals surface area (Å²) in [6.07, 6.45) is 4.44. The Kier molecular flexibility index (Phi) is 6.02. The summed E-state index contributed by atoms with van der Waals surface area (Å²) in [5.74, 6) is 0. The maximum Gasteiger partial charge on any atom is 0.0481 e. The van der Waals surface area contributed by atoms with Crippen LogP contribution in [0.5, 0.6) is 0 Å². The average Bonchev–Trinajstić information content (AvgIpc) is 2.41. The Hall–Kier alpha value is -0.860. The first kappa shape index (κ1) is 16.2. The normalized spacial score (nSPS) is 13.8. The van der Waals surface area contributed by atoms with Gasteiger partial charge in [0.25, 0.3) is 0 Å². The number of hydrogen-bond donors (Lipinski definition) is 1. The summed E-state index contributed by atoms with van der Waals surface area (Å²) >= 11 is 0. The van der Waals surface area contributed by atoms with Crippen molar-refractivity contribution in [1.29, 1.82) is 0 Å². The van der Waals surface area contributed by atoms with Crippen LogP contribution in [0.25, 0.3) is 0 Å². The Bertz CT molecular complexity index is 381. The van der Waals surface area contributed by atoms with Crippen LogP contribution in [0.1, 0.15) is 57.2 Å². The molecule has 1 atom stereocenters. The van der Waals surface area contributed by atoms with E-state index in [9.17, 15) is 0 Å². The van der Waals surface area contributed by atoms with Gasteiger partial charge in [0.2, 0.25) is 0 Å². The first-order chi connectivity index (χ1) is 9.01. The Morgan fingerprint density at radius 1 is 1.16 bits per heavy atom. The van der Waals surface area contributed by atoms with Crippen LogP contribution in [0.3, 0.4) is 0 Å². The molecule has 1 unspecified atom stereocenters. The molecule has 2 N–H and O–H groups in total. The molecule has 0 amide bonds. The van der Waals surface area contributed by atoms with Gasteiger partial charge in [-0.25, -0.2) is 0 Å². The van der Waals surface area contributed by atoms with Crippen LogP contribution in [0.15, 0.2) is 24.3 Å². The van der Waals surface area contributed by atoms with Crippen LogP contribution in [0.4, 0.5) is 0 Å². The number of rotatable bonds is 7. The van der Waals surface area contributed by atoms with E-state index >= 15 is 0 Å². The molecule has 0 aliphatic rings. The van der Waals surface area contributed by atoms with Gasteiger partial charge in [0.05, 0.1) is 0 Å². The molecule has 19 heavy (non-hydrogen) atoms. The van der Waals surface area contributed by atoms with Crippen molar-refractivity contribution in [3.8, 4) is 0 Å². The van der Waals surface area contributed by atoms with Gasteiger partial charge in [-0.3, -0.25) is 0 Å².